The third kappa shape index (κ3) is 2.41. The van der Waals surface area contributed by atoms with Gasteiger partial charge in [0.1, 0.15) is 0 Å². The van der Waals surface area contributed by atoms with Crippen LogP contribution in [0.15, 0.2) is 0 Å². The van der Waals surface area contributed by atoms with Crippen molar-refractivity contribution in [3.63, 3.8) is 0 Å². The molecule has 3 heteroatoms. The van der Waals surface area contributed by atoms with Crippen LogP contribution < -0.4 is 5.32 Å². The van der Waals surface area contributed by atoms with Gasteiger partial charge >= 0.3 is 0 Å². The number of nitrogens with one attached hydrogen (secondary N) is 1. The normalized spacial score (nSPS) is 37.5. The van der Waals surface area contributed by atoms with Gasteiger partial charge in [0.2, 0.25) is 0 Å². The molecule has 0 aromatic heterocycles. The SMILES string of the molecule is C1CCN2CCN(C[C@@H]3CCCN3)CC2C1. The summed E-state index contributed by atoms with van der Waals surface area (Å²) in [4.78, 5) is 5.43. The Morgan fingerprint density at radius 2 is 2.00 bits per heavy atom. The van der Waals surface area contributed by atoms with Crippen LogP contribution in [-0.2, 0) is 0 Å². The number of rotatable bonds is 2. The highest BCUT2D eigenvalue weighted by atomic mass is 15.3. The standard InChI is InChI=1S/C13H25N3/c1-2-7-16-9-8-15(11-13(16)5-1)10-12-4-3-6-14-12/h12-14H,1-11H2/t12-,13?/m0/s1. The van der Waals surface area contributed by atoms with Crippen LogP contribution in [0.25, 0.3) is 0 Å². The van der Waals surface area contributed by atoms with Crippen LogP contribution in [0.5, 0.6) is 0 Å². The van der Waals surface area contributed by atoms with E-state index in [1.165, 1.54) is 71.4 Å². The van der Waals surface area contributed by atoms with Crippen LogP contribution in [0.4, 0.5) is 0 Å². The van der Waals surface area contributed by atoms with E-state index in [9.17, 15) is 0 Å². The van der Waals surface area contributed by atoms with Crippen LogP contribution in [0, 0.1) is 0 Å². The molecule has 1 unspecified atom stereocenters. The van der Waals surface area contributed by atoms with Crippen LogP contribution in [0.3, 0.4) is 0 Å². The highest BCUT2D eigenvalue weighted by molar-refractivity contribution is 4.87. The van der Waals surface area contributed by atoms with Crippen molar-refractivity contribution in [3.05, 3.63) is 0 Å². The molecule has 1 N–H and O–H groups in total. The summed E-state index contributed by atoms with van der Waals surface area (Å²) in [6.07, 6.45) is 7.10. The molecule has 0 bridgehead atoms. The van der Waals surface area contributed by atoms with E-state index in [1.807, 2.05) is 0 Å². The molecule has 0 aromatic rings. The van der Waals surface area contributed by atoms with Crippen molar-refractivity contribution in [2.24, 2.45) is 0 Å². The monoisotopic (exact) mass is 223 g/mol. The third-order valence-corrected chi connectivity index (χ3v) is 4.56. The molecule has 0 amide bonds. The minimum absolute atomic E-state index is 0.787. The van der Waals surface area contributed by atoms with Crippen LogP contribution in [0.1, 0.15) is 32.1 Å². The van der Waals surface area contributed by atoms with Crippen LogP contribution >= 0.6 is 0 Å². The Bertz CT molecular complexity index is 225. The van der Waals surface area contributed by atoms with E-state index in [0.717, 1.165) is 12.1 Å². The minimum Gasteiger partial charge on any atom is -0.313 e. The van der Waals surface area contributed by atoms with Crippen molar-refractivity contribution < 1.29 is 0 Å². The summed E-state index contributed by atoms with van der Waals surface area (Å²) in [5.74, 6) is 0. The molecule has 3 heterocycles. The third-order valence-electron chi connectivity index (χ3n) is 4.56. The van der Waals surface area contributed by atoms with E-state index in [2.05, 4.69) is 15.1 Å². The Labute approximate surface area is 99.2 Å². The maximum absolute atomic E-state index is 3.62. The molecule has 92 valence electrons. The molecule has 3 nitrogen and oxygen atoms in total. The number of hydrogen-bond acceptors (Lipinski definition) is 3. The van der Waals surface area contributed by atoms with Gasteiger partial charge in [-0.05, 0) is 38.8 Å². The fourth-order valence-electron chi connectivity index (χ4n) is 3.61. The summed E-state index contributed by atoms with van der Waals surface area (Å²) in [5, 5.41) is 3.62. The average molecular weight is 223 g/mol. The van der Waals surface area contributed by atoms with Crippen molar-refractivity contribution in [3.8, 4) is 0 Å². The largest absolute Gasteiger partial charge is 0.313 e. The highest BCUT2D eigenvalue weighted by Gasteiger charge is 2.30. The molecule has 3 saturated heterocycles. The van der Waals surface area contributed by atoms with Crippen molar-refractivity contribution >= 4 is 0 Å². The lowest BCUT2D eigenvalue weighted by molar-refractivity contribution is 0.0458. The molecule has 3 fully saturated rings. The predicted molar refractivity (Wildman–Crippen MR) is 66.7 cm³/mol. The summed E-state index contributed by atoms with van der Waals surface area (Å²) < 4.78 is 0. The summed E-state index contributed by atoms with van der Waals surface area (Å²) in [7, 11) is 0. The topological polar surface area (TPSA) is 18.5 Å². The Balaban J connectivity index is 1.50. The molecule has 0 saturated carbocycles. The van der Waals surface area contributed by atoms with Gasteiger partial charge < -0.3 is 5.32 Å². The fraction of sp³-hybridized carbons (Fsp3) is 1.00. The van der Waals surface area contributed by atoms with Gasteiger partial charge in [0.15, 0.2) is 0 Å². The van der Waals surface area contributed by atoms with Crippen molar-refractivity contribution in [1.29, 1.82) is 0 Å². The maximum Gasteiger partial charge on any atom is 0.0223 e. The Morgan fingerprint density at radius 1 is 1.00 bits per heavy atom. The van der Waals surface area contributed by atoms with Gasteiger partial charge in [0, 0.05) is 38.3 Å². The Hall–Kier alpha value is -0.120. The van der Waals surface area contributed by atoms with E-state index in [-0.39, 0.29) is 0 Å². The summed E-state index contributed by atoms with van der Waals surface area (Å²) in [5.41, 5.74) is 0. The minimum atomic E-state index is 0.787. The van der Waals surface area contributed by atoms with Gasteiger partial charge in [-0.15, -0.1) is 0 Å². The lowest BCUT2D eigenvalue weighted by Crippen LogP contribution is -2.56. The predicted octanol–water partition coefficient (Wildman–Crippen LogP) is 0.909. The van der Waals surface area contributed by atoms with Crippen molar-refractivity contribution in [2.75, 3.05) is 39.3 Å². The number of nitrogens with zero attached hydrogens (tertiary/aromatic N) is 2. The van der Waals surface area contributed by atoms with Gasteiger partial charge in [-0.25, -0.2) is 0 Å². The molecule has 0 aliphatic carbocycles. The second-order valence-electron chi connectivity index (χ2n) is 5.74. The second-order valence-corrected chi connectivity index (χ2v) is 5.74. The van der Waals surface area contributed by atoms with Crippen molar-refractivity contribution in [1.82, 2.24) is 15.1 Å². The van der Waals surface area contributed by atoms with Crippen molar-refractivity contribution in [2.45, 2.75) is 44.2 Å². The Kier molecular flexibility index (Phi) is 3.46. The molecule has 0 aromatic carbocycles. The fourth-order valence-corrected chi connectivity index (χ4v) is 3.61. The van der Waals surface area contributed by atoms with E-state index in [1.54, 1.807) is 0 Å². The van der Waals surface area contributed by atoms with Gasteiger partial charge in [-0.1, -0.05) is 6.42 Å². The molecule has 3 aliphatic rings. The Morgan fingerprint density at radius 3 is 2.88 bits per heavy atom. The quantitative estimate of drug-likeness (QED) is 0.751. The summed E-state index contributed by atoms with van der Waals surface area (Å²) >= 11 is 0. The zero-order valence-corrected chi connectivity index (χ0v) is 10.3. The molecular formula is C13H25N3. The van der Waals surface area contributed by atoms with E-state index < -0.39 is 0 Å². The smallest absolute Gasteiger partial charge is 0.0223 e. The first kappa shape index (κ1) is 11.0. The van der Waals surface area contributed by atoms with E-state index in [0.29, 0.717) is 0 Å². The molecule has 16 heavy (non-hydrogen) atoms. The molecule has 3 aliphatic heterocycles. The van der Waals surface area contributed by atoms with Gasteiger partial charge in [-0.3, -0.25) is 9.80 Å². The van der Waals surface area contributed by atoms with E-state index in [4.69, 9.17) is 0 Å². The number of hydrogen-bond donors (Lipinski definition) is 1. The van der Waals surface area contributed by atoms with Gasteiger partial charge in [-0.2, -0.15) is 0 Å². The zero-order valence-electron chi connectivity index (χ0n) is 10.3. The van der Waals surface area contributed by atoms with E-state index >= 15 is 0 Å². The number of fused-ring (bicyclic) bond motifs is 1. The number of piperidine rings is 1. The first-order valence-corrected chi connectivity index (χ1v) is 7.11. The molecule has 3 rings (SSSR count). The summed E-state index contributed by atoms with van der Waals surface area (Å²) in [6, 6.07) is 1.67. The molecular weight excluding hydrogens is 198 g/mol. The lowest BCUT2D eigenvalue weighted by atomic mass is 9.99. The first-order chi connectivity index (χ1) is 7.92. The molecule has 0 radical (unpaired) electrons. The zero-order chi connectivity index (χ0) is 10.8. The van der Waals surface area contributed by atoms with Crippen LogP contribution in [0.2, 0.25) is 0 Å². The summed E-state index contributed by atoms with van der Waals surface area (Å²) in [6.45, 7) is 7.85. The second kappa shape index (κ2) is 5.03. The van der Waals surface area contributed by atoms with Gasteiger partial charge in [0.05, 0.1) is 0 Å². The first-order valence-electron chi connectivity index (χ1n) is 7.11. The molecule has 0 spiro atoms. The van der Waals surface area contributed by atoms with Crippen LogP contribution in [-0.4, -0.2) is 61.2 Å². The number of piperazine rings is 1. The molecule has 2 atom stereocenters. The maximum atomic E-state index is 3.62. The average Bonchev–Trinajstić information content (AvgIpc) is 2.82. The lowest BCUT2D eigenvalue weighted by Gasteiger charge is -2.44. The highest BCUT2D eigenvalue weighted by Crippen LogP contribution is 2.21. The van der Waals surface area contributed by atoms with Gasteiger partial charge in [0.25, 0.3) is 0 Å².